The molecule has 0 radical (unpaired) electrons. The van der Waals surface area contributed by atoms with E-state index >= 15 is 0 Å². The van der Waals surface area contributed by atoms with Crippen molar-refractivity contribution in [3.05, 3.63) is 29.5 Å². The Bertz CT molecular complexity index is 569. The summed E-state index contributed by atoms with van der Waals surface area (Å²) in [5, 5.41) is 19.2. The highest BCUT2D eigenvalue weighted by Gasteiger charge is 2.18. The smallest absolute Gasteiger partial charge is 0.338 e. The third-order valence-electron chi connectivity index (χ3n) is 2.84. The van der Waals surface area contributed by atoms with E-state index in [1.54, 1.807) is 19.1 Å². The van der Waals surface area contributed by atoms with Crippen molar-refractivity contribution < 1.29 is 15.0 Å². The molecule has 16 heavy (non-hydrogen) atoms. The molecule has 0 saturated carbocycles. The molecule has 4 heteroatoms. The first-order valence-corrected chi connectivity index (χ1v) is 5.11. The molecule has 0 spiro atoms. The van der Waals surface area contributed by atoms with Crippen LogP contribution in [0, 0.1) is 6.92 Å². The summed E-state index contributed by atoms with van der Waals surface area (Å²) in [6.45, 7) is 4.45. The third-order valence-corrected chi connectivity index (χ3v) is 2.84. The van der Waals surface area contributed by atoms with Gasteiger partial charge in [-0.15, -0.1) is 0 Å². The summed E-state index contributed by atoms with van der Waals surface area (Å²) >= 11 is 0. The highest BCUT2D eigenvalue weighted by atomic mass is 16.4. The van der Waals surface area contributed by atoms with Gasteiger partial charge < -0.3 is 14.8 Å². The quantitative estimate of drug-likeness (QED) is 0.815. The molecule has 1 aromatic heterocycles. The Kier molecular flexibility index (Phi) is 2.34. The Balaban J connectivity index is 2.92. The van der Waals surface area contributed by atoms with Crippen LogP contribution in [0.25, 0.3) is 10.9 Å². The molecule has 0 amide bonds. The minimum absolute atomic E-state index is 0.0863. The lowest BCUT2D eigenvalue weighted by Gasteiger charge is -2.03. The molecule has 1 aromatic carbocycles. The van der Waals surface area contributed by atoms with Gasteiger partial charge in [0.05, 0.1) is 5.56 Å². The van der Waals surface area contributed by atoms with E-state index in [9.17, 15) is 9.90 Å². The standard InChI is InChI=1S/C12H13NO3/c1-3-13-7(2)11(12(15)16)9-6-8(14)4-5-10(9)13/h4-6,14H,3H2,1-2H3,(H,15,16). The first kappa shape index (κ1) is 10.5. The van der Waals surface area contributed by atoms with E-state index in [0.717, 1.165) is 11.2 Å². The molecule has 0 aliphatic carbocycles. The summed E-state index contributed by atoms with van der Waals surface area (Å²) in [4.78, 5) is 11.2. The lowest BCUT2D eigenvalue weighted by molar-refractivity contribution is 0.0698. The SMILES string of the molecule is CCn1c(C)c(C(=O)O)c2cc(O)ccc21. The number of aromatic carboxylic acids is 1. The highest BCUT2D eigenvalue weighted by molar-refractivity contribution is 6.05. The number of nitrogens with zero attached hydrogens (tertiary/aromatic N) is 1. The average molecular weight is 219 g/mol. The van der Waals surface area contributed by atoms with Crippen LogP contribution in [0.4, 0.5) is 0 Å². The van der Waals surface area contributed by atoms with E-state index in [4.69, 9.17) is 5.11 Å². The van der Waals surface area contributed by atoms with E-state index in [1.807, 2.05) is 11.5 Å². The van der Waals surface area contributed by atoms with Crippen LogP contribution in [-0.2, 0) is 6.54 Å². The molecular weight excluding hydrogens is 206 g/mol. The number of aryl methyl sites for hydroxylation is 1. The Hall–Kier alpha value is -1.97. The Morgan fingerprint density at radius 2 is 2.12 bits per heavy atom. The van der Waals surface area contributed by atoms with E-state index < -0.39 is 5.97 Å². The van der Waals surface area contributed by atoms with Gasteiger partial charge in [-0.25, -0.2) is 4.79 Å². The zero-order valence-electron chi connectivity index (χ0n) is 9.19. The molecule has 84 valence electrons. The van der Waals surface area contributed by atoms with Crippen LogP contribution >= 0.6 is 0 Å². The van der Waals surface area contributed by atoms with Crippen molar-refractivity contribution in [1.29, 1.82) is 0 Å². The number of carbonyl (C=O) groups is 1. The molecule has 0 aliphatic rings. The second kappa shape index (κ2) is 3.56. The van der Waals surface area contributed by atoms with Gasteiger partial charge in [-0.1, -0.05) is 0 Å². The van der Waals surface area contributed by atoms with Crippen molar-refractivity contribution in [1.82, 2.24) is 4.57 Å². The van der Waals surface area contributed by atoms with Crippen molar-refractivity contribution in [3.8, 4) is 5.75 Å². The molecule has 2 rings (SSSR count). The summed E-state index contributed by atoms with van der Waals surface area (Å²) in [5.41, 5.74) is 1.83. The third kappa shape index (κ3) is 1.34. The van der Waals surface area contributed by atoms with Crippen molar-refractivity contribution >= 4 is 16.9 Å². The lowest BCUT2D eigenvalue weighted by atomic mass is 10.1. The van der Waals surface area contributed by atoms with Gasteiger partial charge in [0.1, 0.15) is 5.75 Å². The Morgan fingerprint density at radius 1 is 1.44 bits per heavy atom. The van der Waals surface area contributed by atoms with Crippen LogP contribution in [0.15, 0.2) is 18.2 Å². The number of carboxylic acids is 1. The maximum atomic E-state index is 11.2. The number of hydrogen-bond donors (Lipinski definition) is 2. The minimum Gasteiger partial charge on any atom is -0.508 e. The number of benzene rings is 1. The zero-order chi connectivity index (χ0) is 11.9. The van der Waals surface area contributed by atoms with Gasteiger partial charge >= 0.3 is 5.97 Å². The van der Waals surface area contributed by atoms with Gasteiger partial charge in [-0.05, 0) is 32.0 Å². The Labute approximate surface area is 92.7 Å². The summed E-state index contributed by atoms with van der Waals surface area (Å²) in [6, 6.07) is 4.81. The van der Waals surface area contributed by atoms with Crippen molar-refractivity contribution in [3.63, 3.8) is 0 Å². The Morgan fingerprint density at radius 3 is 2.69 bits per heavy atom. The molecule has 0 atom stereocenters. The molecule has 0 bridgehead atoms. The van der Waals surface area contributed by atoms with Crippen LogP contribution in [-0.4, -0.2) is 20.7 Å². The minimum atomic E-state index is -0.958. The molecule has 4 nitrogen and oxygen atoms in total. The fourth-order valence-corrected chi connectivity index (χ4v) is 2.15. The topological polar surface area (TPSA) is 62.5 Å². The van der Waals surface area contributed by atoms with E-state index in [-0.39, 0.29) is 11.3 Å². The average Bonchev–Trinajstić information content (AvgIpc) is 2.48. The summed E-state index contributed by atoms with van der Waals surface area (Å²) in [6.07, 6.45) is 0. The largest absolute Gasteiger partial charge is 0.508 e. The summed E-state index contributed by atoms with van der Waals surface area (Å²) in [7, 11) is 0. The van der Waals surface area contributed by atoms with Gasteiger partial charge in [-0.3, -0.25) is 0 Å². The fourth-order valence-electron chi connectivity index (χ4n) is 2.15. The van der Waals surface area contributed by atoms with Crippen molar-refractivity contribution in [2.45, 2.75) is 20.4 Å². The fraction of sp³-hybridized carbons (Fsp3) is 0.250. The second-order valence-electron chi connectivity index (χ2n) is 3.71. The number of rotatable bonds is 2. The maximum Gasteiger partial charge on any atom is 0.338 e. The highest BCUT2D eigenvalue weighted by Crippen LogP contribution is 2.28. The normalized spacial score (nSPS) is 10.9. The maximum absolute atomic E-state index is 11.2. The molecule has 0 unspecified atom stereocenters. The van der Waals surface area contributed by atoms with Crippen LogP contribution in [0.2, 0.25) is 0 Å². The van der Waals surface area contributed by atoms with Crippen molar-refractivity contribution in [2.75, 3.05) is 0 Å². The van der Waals surface area contributed by atoms with Gasteiger partial charge in [0.25, 0.3) is 0 Å². The molecular formula is C12H13NO3. The van der Waals surface area contributed by atoms with E-state index in [2.05, 4.69) is 0 Å². The first-order valence-electron chi connectivity index (χ1n) is 5.11. The van der Waals surface area contributed by atoms with Crippen LogP contribution in [0.5, 0.6) is 5.75 Å². The van der Waals surface area contributed by atoms with Gasteiger partial charge in [0.15, 0.2) is 0 Å². The second-order valence-corrected chi connectivity index (χ2v) is 3.71. The number of hydrogen-bond acceptors (Lipinski definition) is 2. The number of fused-ring (bicyclic) bond motifs is 1. The van der Waals surface area contributed by atoms with Crippen LogP contribution in [0.3, 0.4) is 0 Å². The molecule has 2 N–H and O–H groups in total. The molecule has 0 aliphatic heterocycles. The lowest BCUT2D eigenvalue weighted by Crippen LogP contribution is -2.01. The first-order chi connectivity index (χ1) is 7.56. The monoisotopic (exact) mass is 219 g/mol. The van der Waals surface area contributed by atoms with Gasteiger partial charge in [-0.2, -0.15) is 0 Å². The summed E-state index contributed by atoms with van der Waals surface area (Å²) in [5.74, 6) is -0.872. The number of carboxylic acid groups (broad SMARTS) is 1. The van der Waals surface area contributed by atoms with E-state index in [1.165, 1.54) is 6.07 Å². The van der Waals surface area contributed by atoms with E-state index in [0.29, 0.717) is 11.9 Å². The number of phenolic OH excluding ortho intramolecular Hbond substituents is 1. The van der Waals surface area contributed by atoms with Gasteiger partial charge in [0, 0.05) is 23.1 Å². The summed E-state index contributed by atoms with van der Waals surface area (Å²) < 4.78 is 1.93. The molecule has 0 fully saturated rings. The predicted molar refractivity (Wildman–Crippen MR) is 61.0 cm³/mol. The number of phenols is 1. The number of aromatic nitrogens is 1. The molecule has 0 saturated heterocycles. The number of aromatic hydroxyl groups is 1. The van der Waals surface area contributed by atoms with Crippen LogP contribution < -0.4 is 0 Å². The van der Waals surface area contributed by atoms with Crippen LogP contribution in [0.1, 0.15) is 23.0 Å². The van der Waals surface area contributed by atoms with Crippen molar-refractivity contribution in [2.24, 2.45) is 0 Å². The van der Waals surface area contributed by atoms with Gasteiger partial charge in [0.2, 0.25) is 0 Å². The molecule has 2 aromatic rings. The predicted octanol–water partition coefficient (Wildman–Crippen LogP) is 2.37. The molecule has 1 heterocycles. The zero-order valence-corrected chi connectivity index (χ0v) is 9.19.